The van der Waals surface area contributed by atoms with Gasteiger partial charge in [-0.15, -0.1) is 48.2 Å². The molecule has 1 N–H and O–H groups in total. The molecule has 0 fully saturated rings. The van der Waals surface area contributed by atoms with Crippen molar-refractivity contribution < 1.29 is 21.7 Å². The maximum Gasteiger partial charge on any atom is 2.00 e. The van der Waals surface area contributed by atoms with E-state index in [1.54, 1.807) is 12.1 Å². The molecule has 0 unspecified atom stereocenters. The first-order valence-corrected chi connectivity index (χ1v) is 8.30. The summed E-state index contributed by atoms with van der Waals surface area (Å²) in [5, 5.41) is 0. The minimum atomic E-state index is 0. The van der Waals surface area contributed by atoms with Crippen LogP contribution in [0.5, 0.6) is 0 Å². The van der Waals surface area contributed by atoms with Crippen LogP contribution in [0.4, 0.5) is 5.69 Å². The van der Waals surface area contributed by atoms with Crippen LogP contribution in [0.25, 0.3) is 11.3 Å². The van der Waals surface area contributed by atoms with Gasteiger partial charge in [-0.3, -0.25) is 0 Å². The molecule has 0 radical (unpaired) electrons. The van der Waals surface area contributed by atoms with E-state index < -0.39 is 0 Å². The molecule has 0 aromatic heterocycles. The van der Waals surface area contributed by atoms with E-state index in [0.717, 1.165) is 13.0 Å². The standard InChI is InChI=1S/C16H20N.C6H6N.2ClH.Ti/c1-4-14-7-5-6-8-16(14)15-10-9-13(11-15)12-17(2)3;7-6-4-2-1-3-5-6;;;/h4-9,11H,10,12H2,1-3H3;1-5,7H;2*1H;/q2*-1;;;+2. The van der Waals surface area contributed by atoms with Gasteiger partial charge in [0, 0.05) is 6.54 Å². The Balaban J connectivity index is 0. The predicted molar refractivity (Wildman–Crippen MR) is 120 cm³/mol. The zero-order valence-electron chi connectivity index (χ0n) is 16.1. The average Bonchev–Trinajstić information content (AvgIpc) is 3.03. The van der Waals surface area contributed by atoms with E-state index >= 15 is 0 Å². The third-order valence-corrected chi connectivity index (χ3v) is 3.83. The van der Waals surface area contributed by atoms with E-state index in [2.05, 4.69) is 68.8 Å². The summed E-state index contributed by atoms with van der Waals surface area (Å²) in [4.78, 5) is 2.21. The fourth-order valence-electron chi connectivity index (χ4n) is 2.73. The van der Waals surface area contributed by atoms with Gasteiger partial charge in [0.05, 0.1) is 0 Å². The summed E-state index contributed by atoms with van der Waals surface area (Å²) in [6.45, 7) is 3.13. The molecule has 1 aliphatic rings. The third-order valence-electron chi connectivity index (χ3n) is 3.83. The molecule has 2 aromatic rings. The van der Waals surface area contributed by atoms with Gasteiger partial charge >= 0.3 is 21.7 Å². The van der Waals surface area contributed by atoms with Gasteiger partial charge in [0.1, 0.15) is 0 Å². The molecule has 0 heterocycles. The van der Waals surface area contributed by atoms with Crippen LogP contribution in [0, 0.1) is 6.42 Å². The Morgan fingerprint density at radius 2 is 1.56 bits per heavy atom. The second-order valence-corrected chi connectivity index (χ2v) is 6.13. The van der Waals surface area contributed by atoms with E-state index in [-0.39, 0.29) is 46.5 Å². The Morgan fingerprint density at radius 3 is 2.07 bits per heavy atom. The molecule has 3 rings (SSSR count). The predicted octanol–water partition coefficient (Wildman–Crippen LogP) is 6.75. The van der Waals surface area contributed by atoms with Gasteiger partial charge in [0.25, 0.3) is 0 Å². The van der Waals surface area contributed by atoms with Crippen LogP contribution in [-0.2, 0) is 21.7 Å². The van der Waals surface area contributed by atoms with Crippen molar-refractivity contribution in [3.63, 3.8) is 0 Å². The van der Waals surface area contributed by atoms with E-state index in [4.69, 9.17) is 5.73 Å². The first-order chi connectivity index (χ1) is 11.6. The Bertz CT molecular complexity index is 713. The third kappa shape index (κ3) is 9.55. The first kappa shape index (κ1) is 28.1. The molecule has 0 aliphatic heterocycles. The Hall–Kier alpha value is -1.16. The van der Waals surface area contributed by atoms with Gasteiger partial charge in [-0.25, -0.2) is 0 Å². The van der Waals surface area contributed by atoms with Crippen LogP contribution < -0.4 is 0 Å². The second kappa shape index (κ2) is 14.8. The van der Waals surface area contributed by atoms with Crippen molar-refractivity contribution in [2.75, 3.05) is 20.6 Å². The average molecular weight is 439 g/mol. The summed E-state index contributed by atoms with van der Waals surface area (Å²) in [5.41, 5.74) is 13.1. The zero-order valence-corrected chi connectivity index (χ0v) is 19.3. The summed E-state index contributed by atoms with van der Waals surface area (Å²) >= 11 is 0. The van der Waals surface area contributed by atoms with Gasteiger partial charge < -0.3 is 10.6 Å². The Labute approximate surface area is 191 Å². The molecular formula is C22H28Cl2N2Ti. The summed E-state index contributed by atoms with van der Waals surface area (Å²) in [6.07, 6.45) is 7.91. The molecule has 0 saturated heterocycles. The summed E-state index contributed by atoms with van der Waals surface area (Å²) < 4.78 is 0. The largest absolute Gasteiger partial charge is 2.00 e. The fraction of sp³-hybridized carbons (Fsp3) is 0.227. The molecular weight excluding hydrogens is 411 g/mol. The molecule has 0 atom stereocenters. The van der Waals surface area contributed by atoms with Crippen molar-refractivity contribution >= 4 is 36.1 Å². The van der Waals surface area contributed by atoms with Gasteiger partial charge in [0.15, 0.2) is 0 Å². The smallest absolute Gasteiger partial charge is 0.699 e. The molecule has 27 heavy (non-hydrogen) atoms. The number of rotatable bonds is 4. The van der Waals surface area contributed by atoms with Gasteiger partial charge in [-0.2, -0.15) is 18.1 Å². The van der Waals surface area contributed by atoms with Gasteiger partial charge in [0.2, 0.25) is 0 Å². The quantitative estimate of drug-likeness (QED) is 0.383. The van der Waals surface area contributed by atoms with Crippen molar-refractivity contribution in [1.29, 1.82) is 0 Å². The normalized spacial score (nSPS) is 11.6. The summed E-state index contributed by atoms with van der Waals surface area (Å²) in [5.74, 6) is 0. The van der Waals surface area contributed by atoms with Crippen molar-refractivity contribution in [3.8, 4) is 0 Å². The number of nitrogens with one attached hydrogen (secondary N) is 1. The number of allylic oxidation sites excluding steroid dienone is 2. The summed E-state index contributed by atoms with van der Waals surface area (Å²) in [7, 11) is 4.22. The number of hydrogen-bond donors (Lipinski definition) is 0. The number of likely N-dealkylation sites (N-methyl/N-ethyl adjacent to an activating group) is 1. The topological polar surface area (TPSA) is 27.0 Å². The van der Waals surface area contributed by atoms with E-state index in [1.807, 2.05) is 18.2 Å². The molecule has 0 saturated carbocycles. The van der Waals surface area contributed by atoms with Crippen molar-refractivity contribution in [2.45, 2.75) is 13.3 Å². The Kier molecular flexibility index (Phi) is 15.4. The number of benzene rings is 2. The molecule has 2 nitrogen and oxygen atoms in total. The van der Waals surface area contributed by atoms with Crippen LogP contribution in [0.3, 0.4) is 0 Å². The van der Waals surface area contributed by atoms with Gasteiger partial charge in [-0.1, -0.05) is 61.0 Å². The van der Waals surface area contributed by atoms with Crippen molar-refractivity contribution in [1.82, 2.24) is 4.90 Å². The zero-order chi connectivity index (χ0) is 17.4. The number of halogens is 2. The molecule has 1 aliphatic carbocycles. The van der Waals surface area contributed by atoms with Crippen LogP contribution in [-0.4, -0.2) is 25.5 Å². The molecule has 0 bridgehead atoms. The second-order valence-electron chi connectivity index (χ2n) is 6.13. The van der Waals surface area contributed by atoms with Crippen molar-refractivity contribution in [3.05, 3.63) is 95.6 Å². The van der Waals surface area contributed by atoms with E-state index in [1.165, 1.54) is 22.3 Å². The maximum atomic E-state index is 7.00. The molecule has 144 valence electrons. The van der Waals surface area contributed by atoms with E-state index in [9.17, 15) is 0 Å². The SMILES string of the molecule is C[CH-]c1ccccc1C1=CC(CN(C)C)=CC1.Cl.Cl.[NH-]c1ccccc1.[Ti+2]. The Morgan fingerprint density at radius 1 is 0.963 bits per heavy atom. The number of hydrogen-bond acceptors (Lipinski definition) is 1. The van der Waals surface area contributed by atoms with Crippen LogP contribution in [0.2, 0.25) is 0 Å². The van der Waals surface area contributed by atoms with Gasteiger partial charge in [-0.05, 0) is 26.1 Å². The molecule has 2 aromatic carbocycles. The monoisotopic (exact) mass is 438 g/mol. The fourth-order valence-corrected chi connectivity index (χ4v) is 2.73. The van der Waals surface area contributed by atoms with Crippen LogP contribution >= 0.6 is 24.8 Å². The minimum Gasteiger partial charge on any atom is -0.699 e. The summed E-state index contributed by atoms with van der Waals surface area (Å²) in [6, 6.07) is 17.7. The van der Waals surface area contributed by atoms with Crippen LogP contribution in [0.15, 0.2) is 72.3 Å². The van der Waals surface area contributed by atoms with E-state index in [0.29, 0.717) is 5.69 Å². The molecule has 0 amide bonds. The first-order valence-electron chi connectivity index (χ1n) is 8.30. The number of nitrogens with zero attached hydrogens (tertiary/aromatic N) is 1. The van der Waals surface area contributed by atoms with Crippen LogP contribution in [0.1, 0.15) is 24.5 Å². The maximum absolute atomic E-state index is 7.00. The minimum absolute atomic E-state index is 0. The molecule has 0 spiro atoms. The molecule has 5 heteroatoms. The van der Waals surface area contributed by atoms with Crippen molar-refractivity contribution in [2.24, 2.45) is 0 Å².